The maximum Gasteiger partial charge on any atom is 0.313 e. The minimum Gasteiger partial charge on any atom is -0.420 e. The summed E-state index contributed by atoms with van der Waals surface area (Å²) < 4.78 is 79.2. The second-order valence-corrected chi connectivity index (χ2v) is 4.41. The van der Waals surface area contributed by atoms with Crippen LogP contribution >= 0.6 is 11.6 Å². The van der Waals surface area contributed by atoms with Gasteiger partial charge in [-0.3, -0.25) is 4.79 Å². The summed E-state index contributed by atoms with van der Waals surface area (Å²) >= 11 is 5.35. The van der Waals surface area contributed by atoms with E-state index in [4.69, 9.17) is 21.1 Å². The van der Waals surface area contributed by atoms with Crippen LogP contribution in [0, 0.1) is 29.1 Å². The quantitative estimate of drug-likeness (QED) is 0.129. The molecule has 1 rings (SSSR count). The summed E-state index contributed by atoms with van der Waals surface area (Å²) in [7, 11) is 0. The van der Waals surface area contributed by atoms with Crippen molar-refractivity contribution in [2.45, 2.75) is 6.42 Å². The Bertz CT molecular complexity index is 527. The zero-order valence-corrected chi connectivity index (χ0v) is 12.4. The smallest absolute Gasteiger partial charge is 0.313 e. The monoisotopic (exact) mass is 362 g/mol. The Morgan fingerprint density at radius 1 is 0.783 bits per heavy atom. The third-order valence-corrected chi connectivity index (χ3v) is 2.58. The Morgan fingerprint density at radius 3 is 1.78 bits per heavy atom. The Labute approximate surface area is 133 Å². The van der Waals surface area contributed by atoms with Gasteiger partial charge in [-0.1, -0.05) is 0 Å². The molecule has 0 bridgehead atoms. The van der Waals surface area contributed by atoms with Gasteiger partial charge in [0.05, 0.1) is 32.8 Å². The lowest BCUT2D eigenvalue weighted by Gasteiger charge is -2.09. The van der Waals surface area contributed by atoms with Crippen LogP contribution in [0.3, 0.4) is 0 Å². The van der Waals surface area contributed by atoms with Crippen molar-refractivity contribution in [3.05, 3.63) is 29.1 Å². The largest absolute Gasteiger partial charge is 0.420 e. The van der Waals surface area contributed by atoms with Crippen molar-refractivity contribution >= 4 is 17.6 Å². The Morgan fingerprint density at radius 2 is 1.26 bits per heavy atom. The number of esters is 1. The molecule has 1 aromatic rings. The number of alkyl halides is 1. The minimum atomic E-state index is -2.33. The Balaban J connectivity index is 2.49. The summed E-state index contributed by atoms with van der Waals surface area (Å²) in [5, 5.41) is 0. The molecule has 0 saturated carbocycles. The number of hydrogen-bond donors (Lipinski definition) is 0. The van der Waals surface area contributed by atoms with Gasteiger partial charge in [-0.25, -0.2) is 13.2 Å². The van der Waals surface area contributed by atoms with Crippen molar-refractivity contribution in [1.29, 1.82) is 0 Å². The van der Waals surface area contributed by atoms with Crippen LogP contribution in [0.2, 0.25) is 0 Å². The van der Waals surface area contributed by atoms with Gasteiger partial charge in [-0.2, -0.15) is 8.78 Å². The predicted octanol–water partition coefficient (Wildman–Crippen LogP) is 2.95. The standard InChI is InChI=1S/C13H12ClF5O4/c14-2-4-22-6-5-21-3-1-7(20)23-13-11(18)9(16)8(15)10(17)12(13)19/h1-6H2. The van der Waals surface area contributed by atoms with Crippen LogP contribution in [0.4, 0.5) is 22.0 Å². The highest BCUT2D eigenvalue weighted by Crippen LogP contribution is 2.29. The first-order valence-electron chi connectivity index (χ1n) is 6.33. The highest BCUT2D eigenvalue weighted by molar-refractivity contribution is 6.17. The van der Waals surface area contributed by atoms with Gasteiger partial charge < -0.3 is 14.2 Å². The zero-order valence-electron chi connectivity index (χ0n) is 11.6. The fourth-order valence-corrected chi connectivity index (χ4v) is 1.48. The van der Waals surface area contributed by atoms with Crippen LogP contribution in [0.1, 0.15) is 6.42 Å². The number of halogens is 6. The number of hydrogen-bond acceptors (Lipinski definition) is 4. The summed E-state index contributed by atoms with van der Waals surface area (Å²) in [6.45, 7) is 0.498. The topological polar surface area (TPSA) is 44.8 Å². The third-order valence-electron chi connectivity index (χ3n) is 2.43. The molecule has 0 radical (unpaired) electrons. The van der Waals surface area contributed by atoms with Gasteiger partial charge in [0.1, 0.15) is 0 Å². The molecule has 0 fully saturated rings. The van der Waals surface area contributed by atoms with Gasteiger partial charge in [0, 0.05) is 5.88 Å². The molecule has 0 saturated heterocycles. The molecule has 0 heterocycles. The van der Waals surface area contributed by atoms with Crippen LogP contribution in [-0.4, -0.2) is 38.3 Å². The Kier molecular flexibility index (Phi) is 8.21. The molecule has 0 aliphatic rings. The van der Waals surface area contributed by atoms with Crippen LogP contribution in [0.15, 0.2) is 0 Å². The second-order valence-electron chi connectivity index (χ2n) is 4.04. The van der Waals surface area contributed by atoms with Crippen LogP contribution < -0.4 is 4.74 Å². The summed E-state index contributed by atoms with van der Waals surface area (Å²) in [6, 6.07) is 0. The molecule has 0 spiro atoms. The molecular formula is C13H12ClF5O4. The number of carbonyl (C=O) groups excluding carboxylic acids is 1. The highest BCUT2D eigenvalue weighted by Gasteiger charge is 2.28. The van der Waals surface area contributed by atoms with Gasteiger partial charge in [0.25, 0.3) is 0 Å². The third kappa shape index (κ3) is 5.60. The molecule has 1 aromatic carbocycles. The number of ether oxygens (including phenoxy) is 3. The van der Waals surface area contributed by atoms with Crippen molar-refractivity contribution in [3.8, 4) is 5.75 Å². The van der Waals surface area contributed by atoms with Crippen molar-refractivity contribution in [2.75, 3.05) is 32.3 Å². The van der Waals surface area contributed by atoms with Crippen LogP contribution in [0.25, 0.3) is 0 Å². The summed E-state index contributed by atoms with van der Waals surface area (Å²) in [5.74, 6) is -13.7. The van der Waals surface area contributed by atoms with Crippen molar-refractivity contribution in [1.82, 2.24) is 0 Å². The summed E-state index contributed by atoms with van der Waals surface area (Å²) in [6.07, 6.45) is -0.449. The first kappa shape index (κ1) is 19.6. The number of carbonyl (C=O) groups is 1. The number of benzene rings is 1. The van der Waals surface area contributed by atoms with E-state index in [1.54, 1.807) is 0 Å². The van der Waals surface area contributed by atoms with Gasteiger partial charge in [-0.15, -0.1) is 11.6 Å². The summed E-state index contributed by atoms with van der Waals surface area (Å²) in [4.78, 5) is 11.3. The predicted molar refractivity (Wildman–Crippen MR) is 68.8 cm³/mol. The van der Waals surface area contributed by atoms with E-state index in [1.807, 2.05) is 0 Å². The average molecular weight is 363 g/mol. The van der Waals surface area contributed by atoms with Crippen molar-refractivity contribution in [3.63, 3.8) is 0 Å². The van der Waals surface area contributed by atoms with E-state index in [0.717, 1.165) is 0 Å². The lowest BCUT2D eigenvalue weighted by Crippen LogP contribution is -2.16. The average Bonchev–Trinajstić information content (AvgIpc) is 2.54. The van der Waals surface area contributed by atoms with Crippen molar-refractivity contribution < 1.29 is 41.0 Å². The fraction of sp³-hybridized carbons (Fsp3) is 0.462. The lowest BCUT2D eigenvalue weighted by molar-refractivity contribution is -0.136. The van der Waals surface area contributed by atoms with E-state index in [2.05, 4.69) is 4.74 Å². The van der Waals surface area contributed by atoms with Gasteiger partial charge in [0.15, 0.2) is 0 Å². The molecule has 0 amide bonds. The molecular weight excluding hydrogens is 351 g/mol. The molecule has 0 aliphatic heterocycles. The zero-order chi connectivity index (χ0) is 17.4. The second kappa shape index (κ2) is 9.64. The molecule has 10 heteroatoms. The van der Waals surface area contributed by atoms with Gasteiger partial charge in [0.2, 0.25) is 34.8 Å². The van der Waals surface area contributed by atoms with E-state index in [0.29, 0.717) is 12.5 Å². The maximum atomic E-state index is 13.3. The molecule has 0 aromatic heterocycles. The van der Waals surface area contributed by atoms with E-state index in [1.165, 1.54) is 0 Å². The van der Waals surface area contributed by atoms with Crippen molar-refractivity contribution in [2.24, 2.45) is 0 Å². The summed E-state index contributed by atoms with van der Waals surface area (Å²) in [5.41, 5.74) is 0. The lowest BCUT2D eigenvalue weighted by atomic mass is 10.2. The molecule has 0 unspecified atom stereocenters. The molecule has 4 nitrogen and oxygen atoms in total. The molecule has 0 aliphatic carbocycles. The SMILES string of the molecule is O=C(CCOCCOCCCl)Oc1c(F)c(F)c(F)c(F)c1F. The first-order chi connectivity index (χ1) is 10.9. The number of rotatable bonds is 9. The molecule has 0 atom stereocenters. The van der Waals surface area contributed by atoms with E-state index in [9.17, 15) is 26.7 Å². The first-order valence-corrected chi connectivity index (χ1v) is 6.87. The Hall–Kier alpha value is -1.45. The van der Waals surface area contributed by atoms with Gasteiger partial charge in [-0.05, 0) is 0 Å². The van der Waals surface area contributed by atoms with Crippen LogP contribution in [-0.2, 0) is 14.3 Å². The highest BCUT2D eigenvalue weighted by atomic mass is 35.5. The van der Waals surface area contributed by atoms with E-state index in [-0.39, 0.29) is 19.8 Å². The van der Waals surface area contributed by atoms with Gasteiger partial charge >= 0.3 is 5.97 Å². The fourth-order valence-electron chi connectivity index (χ4n) is 1.37. The van der Waals surface area contributed by atoms with E-state index >= 15 is 0 Å². The van der Waals surface area contributed by atoms with Crippen LogP contribution in [0.5, 0.6) is 5.75 Å². The molecule has 130 valence electrons. The maximum absolute atomic E-state index is 13.3. The van der Waals surface area contributed by atoms with E-state index < -0.39 is 47.2 Å². The normalized spacial score (nSPS) is 10.9. The minimum absolute atomic E-state index is 0.132. The molecule has 23 heavy (non-hydrogen) atoms. The molecule has 0 N–H and O–H groups in total.